The van der Waals surface area contributed by atoms with Crippen LogP contribution < -0.4 is 5.32 Å². The van der Waals surface area contributed by atoms with Crippen LogP contribution in [0.15, 0.2) is 0 Å². The van der Waals surface area contributed by atoms with E-state index in [1.165, 1.54) is 25.7 Å². The molecule has 0 amide bonds. The zero-order valence-corrected chi connectivity index (χ0v) is 10.9. The van der Waals surface area contributed by atoms with Gasteiger partial charge in [0.15, 0.2) is 0 Å². The van der Waals surface area contributed by atoms with Gasteiger partial charge in [0, 0.05) is 18.9 Å². The van der Waals surface area contributed by atoms with Crippen molar-refractivity contribution >= 4 is 0 Å². The number of rotatable bonds is 5. The van der Waals surface area contributed by atoms with Gasteiger partial charge in [-0.25, -0.2) is 8.78 Å². The summed E-state index contributed by atoms with van der Waals surface area (Å²) in [5, 5.41) is 3.53. The lowest BCUT2D eigenvalue weighted by atomic mass is 9.74. The van der Waals surface area contributed by atoms with Crippen LogP contribution in [0.3, 0.4) is 0 Å². The average Bonchev–Trinajstić information content (AvgIpc) is 2.22. The SMILES string of the molecule is CCNC(CC1CCC1)C1CCC(F)(F)CC1. The fourth-order valence-electron chi connectivity index (χ4n) is 3.26. The molecule has 0 aromatic carbocycles. The molecule has 0 aromatic heterocycles. The number of halogens is 2. The Bertz CT molecular complexity index is 228. The van der Waals surface area contributed by atoms with Crippen LogP contribution in [0, 0.1) is 11.8 Å². The van der Waals surface area contributed by atoms with Crippen LogP contribution in [-0.4, -0.2) is 18.5 Å². The third kappa shape index (κ3) is 3.64. The third-order valence-corrected chi connectivity index (χ3v) is 4.61. The highest BCUT2D eigenvalue weighted by molar-refractivity contribution is 4.87. The molecule has 0 heterocycles. The molecule has 0 aromatic rings. The van der Waals surface area contributed by atoms with Gasteiger partial charge < -0.3 is 5.32 Å². The molecule has 1 N–H and O–H groups in total. The summed E-state index contributed by atoms with van der Waals surface area (Å²) in [5.41, 5.74) is 0. The molecule has 0 saturated heterocycles. The lowest BCUT2D eigenvalue weighted by Crippen LogP contribution is -2.41. The Morgan fingerprint density at radius 1 is 1.18 bits per heavy atom. The summed E-state index contributed by atoms with van der Waals surface area (Å²) in [4.78, 5) is 0. The van der Waals surface area contributed by atoms with Crippen LogP contribution in [0.4, 0.5) is 8.78 Å². The Morgan fingerprint density at radius 2 is 1.82 bits per heavy atom. The minimum Gasteiger partial charge on any atom is -0.314 e. The number of nitrogens with one attached hydrogen (secondary N) is 1. The fraction of sp³-hybridized carbons (Fsp3) is 1.00. The maximum absolute atomic E-state index is 13.1. The van der Waals surface area contributed by atoms with E-state index in [0.717, 1.165) is 12.5 Å². The number of alkyl halides is 2. The van der Waals surface area contributed by atoms with E-state index in [9.17, 15) is 8.78 Å². The summed E-state index contributed by atoms with van der Waals surface area (Å²) in [7, 11) is 0. The van der Waals surface area contributed by atoms with Gasteiger partial charge in [-0.2, -0.15) is 0 Å². The summed E-state index contributed by atoms with van der Waals surface area (Å²) in [6.07, 6.45) is 6.90. The van der Waals surface area contributed by atoms with Crippen molar-refractivity contribution in [3.05, 3.63) is 0 Å². The van der Waals surface area contributed by atoms with Crippen molar-refractivity contribution in [3.63, 3.8) is 0 Å². The molecule has 100 valence electrons. The normalized spacial score (nSPS) is 27.7. The summed E-state index contributed by atoms with van der Waals surface area (Å²) in [6, 6.07) is 0.487. The first kappa shape index (κ1) is 13.3. The van der Waals surface area contributed by atoms with Gasteiger partial charge in [0.1, 0.15) is 0 Å². The monoisotopic (exact) mass is 245 g/mol. The van der Waals surface area contributed by atoms with E-state index in [1.807, 2.05) is 0 Å². The average molecular weight is 245 g/mol. The van der Waals surface area contributed by atoms with Crippen molar-refractivity contribution in [2.45, 2.75) is 70.3 Å². The van der Waals surface area contributed by atoms with Crippen molar-refractivity contribution in [1.82, 2.24) is 5.32 Å². The van der Waals surface area contributed by atoms with Crippen molar-refractivity contribution in [3.8, 4) is 0 Å². The summed E-state index contributed by atoms with van der Waals surface area (Å²) in [5.74, 6) is -1.04. The molecule has 2 aliphatic carbocycles. The van der Waals surface area contributed by atoms with Crippen LogP contribution in [0.5, 0.6) is 0 Å². The standard InChI is InChI=1S/C14H25F2N/c1-2-17-13(10-11-4-3-5-11)12-6-8-14(15,16)9-7-12/h11-13,17H,2-10H2,1H3. The highest BCUT2D eigenvalue weighted by Gasteiger charge is 2.38. The van der Waals surface area contributed by atoms with E-state index in [0.29, 0.717) is 24.8 Å². The van der Waals surface area contributed by atoms with E-state index in [4.69, 9.17) is 0 Å². The zero-order valence-electron chi connectivity index (χ0n) is 10.9. The van der Waals surface area contributed by atoms with Crippen LogP contribution in [0.2, 0.25) is 0 Å². The van der Waals surface area contributed by atoms with Crippen LogP contribution in [-0.2, 0) is 0 Å². The lowest BCUT2D eigenvalue weighted by molar-refractivity contribution is -0.0507. The molecule has 1 unspecified atom stereocenters. The molecule has 0 aliphatic heterocycles. The van der Waals surface area contributed by atoms with E-state index in [2.05, 4.69) is 12.2 Å². The van der Waals surface area contributed by atoms with Gasteiger partial charge in [-0.1, -0.05) is 26.2 Å². The van der Waals surface area contributed by atoms with E-state index < -0.39 is 5.92 Å². The molecule has 1 atom stereocenters. The number of hydrogen-bond donors (Lipinski definition) is 1. The number of hydrogen-bond acceptors (Lipinski definition) is 1. The predicted octanol–water partition coefficient (Wildman–Crippen LogP) is 3.98. The second kappa shape index (κ2) is 5.64. The smallest absolute Gasteiger partial charge is 0.248 e. The molecule has 17 heavy (non-hydrogen) atoms. The van der Waals surface area contributed by atoms with Crippen molar-refractivity contribution in [2.75, 3.05) is 6.54 Å². The van der Waals surface area contributed by atoms with E-state index in [-0.39, 0.29) is 12.8 Å². The van der Waals surface area contributed by atoms with Gasteiger partial charge in [-0.05, 0) is 37.6 Å². The molecular weight excluding hydrogens is 220 g/mol. The summed E-state index contributed by atoms with van der Waals surface area (Å²) in [6.45, 7) is 3.08. The van der Waals surface area contributed by atoms with Gasteiger partial charge in [0.2, 0.25) is 5.92 Å². The van der Waals surface area contributed by atoms with E-state index in [1.54, 1.807) is 0 Å². The molecule has 0 bridgehead atoms. The Hall–Kier alpha value is -0.180. The molecule has 1 nitrogen and oxygen atoms in total. The van der Waals surface area contributed by atoms with Gasteiger partial charge >= 0.3 is 0 Å². The third-order valence-electron chi connectivity index (χ3n) is 4.61. The first-order valence-corrected chi connectivity index (χ1v) is 7.22. The second-order valence-corrected chi connectivity index (χ2v) is 5.89. The Kier molecular flexibility index (Phi) is 4.40. The van der Waals surface area contributed by atoms with Crippen LogP contribution in [0.1, 0.15) is 58.3 Å². The summed E-state index contributed by atoms with van der Waals surface area (Å²) >= 11 is 0. The maximum Gasteiger partial charge on any atom is 0.248 e. The minimum atomic E-state index is -2.39. The van der Waals surface area contributed by atoms with Crippen molar-refractivity contribution in [1.29, 1.82) is 0 Å². The van der Waals surface area contributed by atoms with Crippen LogP contribution in [0.25, 0.3) is 0 Å². The molecule has 2 fully saturated rings. The first-order chi connectivity index (χ1) is 8.11. The Morgan fingerprint density at radius 3 is 2.29 bits per heavy atom. The molecule has 3 heteroatoms. The topological polar surface area (TPSA) is 12.0 Å². The highest BCUT2D eigenvalue weighted by Crippen LogP contribution is 2.40. The quantitative estimate of drug-likeness (QED) is 0.772. The maximum atomic E-state index is 13.1. The molecule has 2 aliphatic rings. The van der Waals surface area contributed by atoms with Gasteiger partial charge in [0.25, 0.3) is 0 Å². The largest absolute Gasteiger partial charge is 0.314 e. The van der Waals surface area contributed by atoms with Gasteiger partial charge in [-0.3, -0.25) is 0 Å². The van der Waals surface area contributed by atoms with Crippen molar-refractivity contribution < 1.29 is 8.78 Å². The fourth-order valence-corrected chi connectivity index (χ4v) is 3.26. The van der Waals surface area contributed by atoms with E-state index >= 15 is 0 Å². The molecule has 0 radical (unpaired) electrons. The summed E-state index contributed by atoms with van der Waals surface area (Å²) < 4.78 is 26.3. The lowest BCUT2D eigenvalue weighted by Gasteiger charge is -2.37. The highest BCUT2D eigenvalue weighted by atomic mass is 19.3. The van der Waals surface area contributed by atoms with Crippen LogP contribution >= 0.6 is 0 Å². The first-order valence-electron chi connectivity index (χ1n) is 7.22. The van der Waals surface area contributed by atoms with Gasteiger partial charge in [-0.15, -0.1) is 0 Å². The molecule has 0 spiro atoms. The molecule has 2 saturated carbocycles. The molecular formula is C14H25F2N. The van der Waals surface area contributed by atoms with Crippen molar-refractivity contribution in [2.24, 2.45) is 11.8 Å². The Balaban J connectivity index is 1.82. The molecule has 2 rings (SSSR count). The minimum absolute atomic E-state index is 0.101. The van der Waals surface area contributed by atoms with Gasteiger partial charge in [0.05, 0.1) is 0 Å². The Labute approximate surface area is 103 Å². The zero-order chi connectivity index (χ0) is 12.3. The second-order valence-electron chi connectivity index (χ2n) is 5.89. The predicted molar refractivity (Wildman–Crippen MR) is 66.3 cm³/mol.